The van der Waals surface area contributed by atoms with Crippen molar-refractivity contribution in [3.63, 3.8) is 0 Å². The van der Waals surface area contributed by atoms with E-state index in [1.807, 2.05) is 26.8 Å². The minimum absolute atomic E-state index is 0.0770. The van der Waals surface area contributed by atoms with Gasteiger partial charge in [0, 0.05) is 11.6 Å². The lowest BCUT2D eigenvalue weighted by molar-refractivity contribution is 0.101. The summed E-state index contributed by atoms with van der Waals surface area (Å²) in [5.74, 6) is 0.0946. The lowest BCUT2D eigenvalue weighted by Crippen LogP contribution is -2.19. The fraction of sp³-hybridized carbons (Fsp3) is 0.400. The Morgan fingerprint density at radius 1 is 1.15 bits per heavy atom. The van der Waals surface area contributed by atoms with Gasteiger partial charge in [0.25, 0.3) is 5.91 Å². The fourth-order valence-corrected chi connectivity index (χ4v) is 3.50. The molecular weight excluding hydrogens is 342 g/mol. The van der Waals surface area contributed by atoms with Gasteiger partial charge in [-0.3, -0.25) is 14.8 Å². The molecule has 0 saturated carbocycles. The summed E-state index contributed by atoms with van der Waals surface area (Å²) in [6.07, 6.45) is 4.67. The zero-order valence-corrected chi connectivity index (χ0v) is 15.8. The molecule has 0 bridgehead atoms. The van der Waals surface area contributed by atoms with E-state index in [1.165, 1.54) is 24.0 Å². The molecule has 1 aromatic carbocycles. The number of hydrogen-bond acceptors (Lipinski definition) is 5. The molecule has 0 atom stereocenters. The van der Waals surface area contributed by atoms with Crippen LogP contribution in [0.15, 0.2) is 28.7 Å². The fourth-order valence-electron chi connectivity index (χ4n) is 3.50. The van der Waals surface area contributed by atoms with E-state index >= 15 is 0 Å². The Kier molecular flexibility index (Phi) is 4.51. The number of aryl methyl sites for hydroxylation is 3. The number of carbonyl (C=O) groups is 1. The molecule has 0 spiro atoms. The van der Waals surface area contributed by atoms with Crippen LogP contribution in [0.1, 0.15) is 60.0 Å². The molecule has 1 N–H and O–H groups in total. The Hall–Kier alpha value is -2.96. The van der Waals surface area contributed by atoms with Crippen LogP contribution in [-0.2, 0) is 12.8 Å². The van der Waals surface area contributed by atoms with Crippen molar-refractivity contribution in [1.82, 2.24) is 20.0 Å². The highest BCUT2D eigenvalue weighted by Crippen LogP contribution is 2.27. The molecule has 0 saturated heterocycles. The van der Waals surface area contributed by atoms with E-state index < -0.39 is 0 Å². The first kappa shape index (κ1) is 17.5. The van der Waals surface area contributed by atoms with Crippen LogP contribution in [0.25, 0.3) is 11.5 Å². The van der Waals surface area contributed by atoms with Crippen molar-refractivity contribution < 1.29 is 9.21 Å². The van der Waals surface area contributed by atoms with E-state index in [-0.39, 0.29) is 18.0 Å². The molecule has 4 rings (SSSR count). The van der Waals surface area contributed by atoms with E-state index in [0.29, 0.717) is 11.6 Å². The van der Waals surface area contributed by atoms with Crippen LogP contribution in [0.4, 0.5) is 6.01 Å². The summed E-state index contributed by atoms with van der Waals surface area (Å²) in [4.78, 5) is 12.6. The molecule has 2 aromatic heterocycles. The first-order valence-corrected chi connectivity index (χ1v) is 9.34. The molecule has 7 nitrogen and oxygen atoms in total. The summed E-state index contributed by atoms with van der Waals surface area (Å²) in [6, 6.07) is 8.16. The topological polar surface area (TPSA) is 85.8 Å². The molecule has 1 amide bonds. The Morgan fingerprint density at radius 2 is 1.93 bits per heavy atom. The van der Waals surface area contributed by atoms with E-state index in [4.69, 9.17) is 4.42 Å². The average Bonchev–Trinajstić information content (AvgIpc) is 3.28. The van der Waals surface area contributed by atoms with Crippen molar-refractivity contribution in [3.05, 3.63) is 46.8 Å². The third-order valence-corrected chi connectivity index (χ3v) is 4.82. The van der Waals surface area contributed by atoms with Crippen molar-refractivity contribution in [1.29, 1.82) is 0 Å². The third kappa shape index (κ3) is 3.49. The first-order valence-electron chi connectivity index (χ1n) is 9.34. The number of aromatic nitrogens is 4. The molecule has 1 aliphatic rings. The van der Waals surface area contributed by atoms with E-state index in [1.54, 1.807) is 10.7 Å². The van der Waals surface area contributed by atoms with Gasteiger partial charge in [-0.2, -0.15) is 5.10 Å². The lowest BCUT2D eigenvalue weighted by atomic mass is 9.90. The predicted octanol–water partition coefficient (Wildman–Crippen LogP) is 3.95. The lowest BCUT2D eigenvalue weighted by Gasteiger charge is -2.15. The molecule has 140 valence electrons. The van der Waals surface area contributed by atoms with Crippen LogP contribution >= 0.6 is 0 Å². The number of benzene rings is 1. The normalized spacial score (nSPS) is 13.6. The molecule has 0 unspecified atom stereocenters. The van der Waals surface area contributed by atoms with E-state index in [0.717, 1.165) is 24.1 Å². The maximum Gasteiger partial charge on any atom is 0.322 e. The Labute approximate surface area is 157 Å². The SMILES string of the molecule is Cc1cc(C(=O)Nc2nnc(-c3ccc4c(c3)CCCC4)o2)n(C(C)C)n1. The van der Waals surface area contributed by atoms with Gasteiger partial charge in [-0.15, -0.1) is 5.10 Å². The van der Waals surface area contributed by atoms with Crippen LogP contribution in [0.5, 0.6) is 0 Å². The van der Waals surface area contributed by atoms with Gasteiger partial charge in [0.05, 0.1) is 5.69 Å². The second kappa shape index (κ2) is 6.98. The van der Waals surface area contributed by atoms with Gasteiger partial charge in [0.15, 0.2) is 0 Å². The van der Waals surface area contributed by atoms with Gasteiger partial charge in [-0.05, 0) is 75.8 Å². The molecule has 27 heavy (non-hydrogen) atoms. The smallest absolute Gasteiger partial charge is 0.322 e. The minimum atomic E-state index is -0.315. The van der Waals surface area contributed by atoms with Crippen molar-refractivity contribution in [3.8, 4) is 11.5 Å². The number of anilines is 1. The molecule has 0 aliphatic heterocycles. The van der Waals surface area contributed by atoms with Gasteiger partial charge in [0.2, 0.25) is 5.89 Å². The quantitative estimate of drug-likeness (QED) is 0.756. The van der Waals surface area contributed by atoms with Gasteiger partial charge in [-0.1, -0.05) is 11.2 Å². The summed E-state index contributed by atoms with van der Waals surface area (Å²) < 4.78 is 7.36. The summed E-state index contributed by atoms with van der Waals surface area (Å²) in [7, 11) is 0. The molecule has 2 heterocycles. The number of nitrogens with one attached hydrogen (secondary N) is 1. The molecule has 0 radical (unpaired) electrons. The highest BCUT2D eigenvalue weighted by molar-refractivity contribution is 6.02. The van der Waals surface area contributed by atoms with Crippen LogP contribution in [0.3, 0.4) is 0 Å². The van der Waals surface area contributed by atoms with E-state index in [9.17, 15) is 4.79 Å². The second-order valence-corrected chi connectivity index (χ2v) is 7.27. The summed E-state index contributed by atoms with van der Waals surface area (Å²) >= 11 is 0. The monoisotopic (exact) mass is 365 g/mol. The highest BCUT2D eigenvalue weighted by atomic mass is 16.4. The summed E-state index contributed by atoms with van der Waals surface area (Å²) in [5, 5.41) is 15.1. The number of fused-ring (bicyclic) bond motifs is 1. The van der Waals surface area contributed by atoms with Gasteiger partial charge in [0.1, 0.15) is 5.69 Å². The van der Waals surface area contributed by atoms with Crippen LogP contribution in [0.2, 0.25) is 0 Å². The summed E-state index contributed by atoms with van der Waals surface area (Å²) in [5.41, 5.74) is 4.88. The van der Waals surface area contributed by atoms with Crippen LogP contribution < -0.4 is 5.32 Å². The number of rotatable bonds is 4. The maximum atomic E-state index is 12.6. The summed E-state index contributed by atoms with van der Waals surface area (Å²) in [6.45, 7) is 5.81. The number of hydrogen-bond donors (Lipinski definition) is 1. The first-order chi connectivity index (χ1) is 13.0. The molecule has 0 fully saturated rings. The maximum absolute atomic E-state index is 12.6. The van der Waals surface area contributed by atoms with Crippen molar-refractivity contribution in [2.45, 2.75) is 52.5 Å². The highest BCUT2D eigenvalue weighted by Gasteiger charge is 2.19. The van der Waals surface area contributed by atoms with Crippen molar-refractivity contribution in [2.24, 2.45) is 0 Å². The second-order valence-electron chi connectivity index (χ2n) is 7.27. The number of amides is 1. The van der Waals surface area contributed by atoms with Crippen LogP contribution in [0, 0.1) is 6.92 Å². The van der Waals surface area contributed by atoms with Gasteiger partial charge >= 0.3 is 6.01 Å². The Balaban J connectivity index is 1.54. The number of nitrogens with zero attached hydrogens (tertiary/aromatic N) is 4. The standard InChI is InChI=1S/C20H23N5O2/c1-12(2)25-17(10-13(3)24-25)18(26)21-20-23-22-19(27-20)16-9-8-14-6-4-5-7-15(14)11-16/h8-12H,4-7H2,1-3H3,(H,21,23,26). The third-order valence-electron chi connectivity index (χ3n) is 4.82. The molecule has 1 aliphatic carbocycles. The molecular formula is C20H23N5O2. The zero-order chi connectivity index (χ0) is 19.0. The zero-order valence-electron chi connectivity index (χ0n) is 15.8. The van der Waals surface area contributed by atoms with Crippen LogP contribution in [-0.4, -0.2) is 25.9 Å². The van der Waals surface area contributed by atoms with Gasteiger partial charge in [-0.25, -0.2) is 0 Å². The van der Waals surface area contributed by atoms with Crippen molar-refractivity contribution in [2.75, 3.05) is 5.32 Å². The van der Waals surface area contributed by atoms with Gasteiger partial charge < -0.3 is 4.42 Å². The molecule has 3 aromatic rings. The van der Waals surface area contributed by atoms with E-state index in [2.05, 4.69) is 32.7 Å². The predicted molar refractivity (Wildman–Crippen MR) is 102 cm³/mol. The average molecular weight is 365 g/mol. The Morgan fingerprint density at radius 3 is 2.70 bits per heavy atom. The Bertz CT molecular complexity index is 986. The van der Waals surface area contributed by atoms with Crippen molar-refractivity contribution >= 4 is 11.9 Å². The number of carbonyl (C=O) groups excluding carboxylic acids is 1. The largest absolute Gasteiger partial charge is 0.403 e. The minimum Gasteiger partial charge on any atom is -0.403 e. The molecule has 7 heteroatoms.